The van der Waals surface area contributed by atoms with Crippen LogP contribution in [-0.2, 0) is 14.1 Å². The summed E-state index contributed by atoms with van der Waals surface area (Å²) >= 11 is 0. The molecule has 0 saturated carbocycles. The fraction of sp³-hybridized carbons (Fsp3) is 0.118. The van der Waals surface area contributed by atoms with Gasteiger partial charge in [-0.2, -0.15) is 4.57 Å². The zero-order chi connectivity index (χ0) is 14.1. The van der Waals surface area contributed by atoms with E-state index in [2.05, 4.69) is 0 Å². The fourth-order valence-electron chi connectivity index (χ4n) is 2.63. The van der Waals surface area contributed by atoms with Gasteiger partial charge in [-0.1, -0.05) is 48.5 Å². The van der Waals surface area contributed by atoms with Crippen molar-refractivity contribution in [1.29, 1.82) is 0 Å². The van der Waals surface area contributed by atoms with E-state index >= 15 is 0 Å². The van der Waals surface area contributed by atoms with Crippen molar-refractivity contribution >= 4 is 0 Å². The lowest BCUT2D eigenvalue weighted by Gasteiger charge is -1.99. The number of aromatic nitrogens is 2. The van der Waals surface area contributed by atoms with Crippen molar-refractivity contribution in [2.24, 2.45) is 14.1 Å². The van der Waals surface area contributed by atoms with E-state index in [1.165, 1.54) is 0 Å². The third kappa shape index (κ3) is 1.88. The fourth-order valence-corrected chi connectivity index (χ4v) is 2.63. The summed E-state index contributed by atoms with van der Waals surface area (Å²) in [5, 5.41) is 10.5. The number of aromatic hydroxyl groups is 1. The highest BCUT2D eigenvalue weighted by atomic mass is 16.3. The van der Waals surface area contributed by atoms with Gasteiger partial charge in [-0.25, -0.2) is 4.57 Å². The molecule has 0 unspecified atom stereocenters. The molecular formula is C17H17N2O+. The van der Waals surface area contributed by atoms with Crippen LogP contribution in [0.3, 0.4) is 0 Å². The Morgan fingerprint density at radius 1 is 0.850 bits per heavy atom. The lowest BCUT2D eigenvalue weighted by Crippen LogP contribution is -2.29. The second kappa shape index (κ2) is 4.85. The Morgan fingerprint density at radius 3 is 1.90 bits per heavy atom. The number of nitrogens with zero attached hydrogens (tertiary/aromatic N) is 2. The minimum Gasteiger partial charge on any atom is -0.475 e. The monoisotopic (exact) mass is 265 g/mol. The van der Waals surface area contributed by atoms with Gasteiger partial charge >= 0.3 is 5.88 Å². The molecule has 0 spiro atoms. The molecule has 3 heteroatoms. The van der Waals surface area contributed by atoms with Crippen LogP contribution in [-0.4, -0.2) is 9.67 Å². The molecule has 1 N–H and O–H groups in total. The highest BCUT2D eigenvalue weighted by molar-refractivity contribution is 5.67. The van der Waals surface area contributed by atoms with Gasteiger partial charge in [0.15, 0.2) is 0 Å². The second-order valence-corrected chi connectivity index (χ2v) is 4.85. The molecule has 0 aliphatic carbocycles. The predicted octanol–water partition coefficient (Wildman–Crippen LogP) is 2.89. The van der Waals surface area contributed by atoms with Gasteiger partial charge in [0.2, 0.25) is 5.69 Å². The van der Waals surface area contributed by atoms with Gasteiger partial charge < -0.3 is 5.11 Å². The Balaban J connectivity index is 2.25. The number of benzene rings is 2. The van der Waals surface area contributed by atoms with Crippen LogP contribution in [0.5, 0.6) is 5.88 Å². The van der Waals surface area contributed by atoms with Crippen molar-refractivity contribution in [2.45, 2.75) is 0 Å². The zero-order valence-corrected chi connectivity index (χ0v) is 11.6. The molecule has 0 amide bonds. The number of hydrogen-bond donors (Lipinski definition) is 1. The van der Waals surface area contributed by atoms with Gasteiger partial charge in [-0.3, -0.25) is 0 Å². The van der Waals surface area contributed by atoms with Crippen molar-refractivity contribution in [3.63, 3.8) is 0 Å². The Labute approximate surface area is 118 Å². The van der Waals surface area contributed by atoms with Gasteiger partial charge in [-0.15, -0.1) is 0 Å². The Hall–Kier alpha value is -2.55. The molecule has 3 nitrogen and oxygen atoms in total. The summed E-state index contributed by atoms with van der Waals surface area (Å²) in [5.74, 6) is 1.25. The molecule has 0 bridgehead atoms. The zero-order valence-electron chi connectivity index (χ0n) is 11.6. The first-order chi connectivity index (χ1) is 9.70. The minimum absolute atomic E-state index is 0.276. The predicted molar refractivity (Wildman–Crippen MR) is 79.1 cm³/mol. The first-order valence-corrected chi connectivity index (χ1v) is 6.58. The second-order valence-electron chi connectivity index (χ2n) is 4.85. The molecular weight excluding hydrogens is 248 g/mol. The molecule has 0 atom stereocenters. The van der Waals surface area contributed by atoms with Crippen LogP contribution in [0, 0.1) is 0 Å². The molecule has 0 saturated heterocycles. The molecule has 3 rings (SSSR count). The maximum atomic E-state index is 10.5. The highest BCUT2D eigenvalue weighted by Gasteiger charge is 2.28. The largest absolute Gasteiger partial charge is 0.475 e. The number of rotatable bonds is 2. The maximum Gasteiger partial charge on any atom is 0.330 e. The van der Waals surface area contributed by atoms with E-state index in [9.17, 15) is 5.11 Å². The van der Waals surface area contributed by atoms with Crippen LogP contribution >= 0.6 is 0 Å². The molecule has 20 heavy (non-hydrogen) atoms. The summed E-state index contributed by atoms with van der Waals surface area (Å²) in [6.07, 6.45) is 0. The van der Waals surface area contributed by atoms with Crippen LogP contribution in [0.25, 0.3) is 22.6 Å². The summed E-state index contributed by atoms with van der Waals surface area (Å²) in [7, 11) is 3.86. The van der Waals surface area contributed by atoms with Crippen molar-refractivity contribution < 1.29 is 9.67 Å². The normalized spacial score (nSPS) is 10.7. The number of hydrogen-bond acceptors (Lipinski definition) is 1. The smallest absolute Gasteiger partial charge is 0.330 e. The molecule has 100 valence electrons. The molecule has 3 aromatic rings. The lowest BCUT2D eigenvalue weighted by molar-refractivity contribution is -0.665. The SMILES string of the molecule is Cn1c(-c2ccccc2)c(O)[n+](C)c1-c1ccccc1. The van der Waals surface area contributed by atoms with E-state index in [0.29, 0.717) is 0 Å². The third-order valence-corrected chi connectivity index (χ3v) is 3.58. The summed E-state index contributed by atoms with van der Waals surface area (Å²) in [6.45, 7) is 0. The molecule has 0 radical (unpaired) electrons. The van der Waals surface area contributed by atoms with E-state index in [-0.39, 0.29) is 5.88 Å². The molecule has 1 heterocycles. The van der Waals surface area contributed by atoms with Gasteiger partial charge in [-0.05, 0) is 12.1 Å². The summed E-state index contributed by atoms with van der Waals surface area (Å²) in [6, 6.07) is 20.0. The van der Waals surface area contributed by atoms with Crippen molar-refractivity contribution in [2.75, 3.05) is 0 Å². The van der Waals surface area contributed by atoms with Crippen molar-refractivity contribution in [3.05, 3.63) is 60.7 Å². The molecule has 1 aromatic heterocycles. The van der Waals surface area contributed by atoms with Crippen LogP contribution < -0.4 is 4.57 Å². The Bertz CT molecular complexity index is 668. The number of imidazole rings is 1. The van der Waals surface area contributed by atoms with Crippen LogP contribution in [0.15, 0.2) is 60.7 Å². The first-order valence-electron chi connectivity index (χ1n) is 6.58. The maximum absolute atomic E-state index is 10.5. The van der Waals surface area contributed by atoms with Crippen LogP contribution in [0.2, 0.25) is 0 Å². The molecule has 0 aliphatic heterocycles. The molecule has 0 fully saturated rings. The van der Waals surface area contributed by atoms with Gasteiger partial charge in [0, 0.05) is 5.56 Å². The Kier molecular flexibility index (Phi) is 3.03. The van der Waals surface area contributed by atoms with E-state index in [1.807, 2.05) is 83.9 Å². The van der Waals surface area contributed by atoms with Crippen molar-refractivity contribution in [1.82, 2.24) is 4.57 Å². The van der Waals surface area contributed by atoms with Crippen LogP contribution in [0.1, 0.15) is 0 Å². The lowest BCUT2D eigenvalue weighted by atomic mass is 10.1. The summed E-state index contributed by atoms with van der Waals surface area (Å²) in [4.78, 5) is 0. The van der Waals surface area contributed by atoms with Crippen LogP contribution in [0.4, 0.5) is 0 Å². The van der Waals surface area contributed by atoms with E-state index in [1.54, 1.807) is 0 Å². The van der Waals surface area contributed by atoms with Gasteiger partial charge in [0.05, 0.1) is 19.7 Å². The molecule has 2 aromatic carbocycles. The van der Waals surface area contributed by atoms with E-state index in [0.717, 1.165) is 22.6 Å². The quantitative estimate of drug-likeness (QED) is 0.709. The van der Waals surface area contributed by atoms with Crippen molar-refractivity contribution in [3.8, 4) is 28.5 Å². The van der Waals surface area contributed by atoms with E-state index < -0.39 is 0 Å². The van der Waals surface area contributed by atoms with Gasteiger partial charge in [0.25, 0.3) is 5.82 Å². The van der Waals surface area contributed by atoms with Gasteiger partial charge in [0.1, 0.15) is 0 Å². The summed E-state index contributed by atoms with van der Waals surface area (Å²) in [5.41, 5.74) is 2.91. The third-order valence-electron chi connectivity index (χ3n) is 3.58. The Morgan fingerprint density at radius 2 is 1.35 bits per heavy atom. The average molecular weight is 265 g/mol. The standard InChI is InChI=1S/C17H16N2O/c1-18-15(13-9-5-3-6-10-13)17(20)19(2)16(18)14-11-7-4-8-12-14/h3-12H,1-2H3/p+1. The minimum atomic E-state index is 0.276. The summed E-state index contributed by atoms with van der Waals surface area (Å²) < 4.78 is 3.84. The molecule has 0 aliphatic rings. The average Bonchev–Trinajstić information content (AvgIpc) is 2.71. The van der Waals surface area contributed by atoms with E-state index in [4.69, 9.17) is 0 Å². The highest BCUT2D eigenvalue weighted by Crippen LogP contribution is 2.31. The topological polar surface area (TPSA) is 29.0 Å². The first kappa shape index (κ1) is 12.5.